The van der Waals surface area contributed by atoms with Gasteiger partial charge in [-0.05, 0) is 69.6 Å². The number of likely N-dealkylation sites (tertiary alicyclic amines) is 2. The molecule has 2 heterocycles. The summed E-state index contributed by atoms with van der Waals surface area (Å²) in [6, 6.07) is -14.0. The van der Waals surface area contributed by atoms with Gasteiger partial charge < -0.3 is 85.3 Å². The monoisotopic (exact) mass is 1090 g/mol. The third-order valence-corrected chi connectivity index (χ3v) is 13.5. The lowest BCUT2D eigenvalue weighted by Gasteiger charge is -2.31. The lowest BCUT2D eigenvalue weighted by atomic mass is 9.98. The highest BCUT2D eigenvalue weighted by Crippen LogP contribution is 2.23. The van der Waals surface area contributed by atoms with Gasteiger partial charge in [-0.15, -0.1) is 0 Å². The Morgan fingerprint density at radius 1 is 0.597 bits per heavy atom. The third kappa shape index (κ3) is 20.7. The molecule has 29 heteroatoms. The Labute approximate surface area is 447 Å². The summed E-state index contributed by atoms with van der Waals surface area (Å²) in [5.41, 5.74) is 22.5. The van der Waals surface area contributed by atoms with Crippen LogP contribution in [0.2, 0.25) is 0 Å². The number of guanidine groups is 1. The molecule has 0 radical (unpaired) electrons. The summed E-state index contributed by atoms with van der Waals surface area (Å²) in [6.07, 6.45) is 0.118. The van der Waals surface area contributed by atoms with Crippen LogP contribution in [0.5, 0.6) is 0 Å². The molecule has 0 bridgehead atoms. The van der Waals surface area contributed by atoms with E-state index in [4.69, 9.17) is 22.9 Å². The summed E-state index contributed by atoms with van der Waals surface area (Å²) in [7, 11) is 0. The molecule has 434 valence electrons. The minimum absolute atomic E-state index is 0.0132. The van der Waals surface area contributed by atoms with Crippen LogP contribution in [-0.2, 0) is 57.5 Å². The van der Waals surface area contributed by atoms with Crippen molar-refractivity contribution >= 4 is 77.0 Å². The molecule has 0 aromatic carbocycles. The van der Waals surface area contributed by atoms with E-state index >= 15 is 0 Å². The second-order valence-corrected chi connectivity index (χ2v) is 20.1. The topological polar surface area (TPSA) is 473 Å². The second-order valence-electron chi connectivity index (χ2n) is 20.1. The van der Waals surface area contributed by atoms with E-state index in [9.17, 15) is 72.9 Å². The number of nitrogens with one attached hydrogen (secondary N) is 7. The molecule has 2 aliphatic heterocycles. The Hall–Kier alpha value is -7.17. The molecule has 0 aromatic rings. The number of aliphatic carboxylic acids is 2. The number of amides is 10. The van der Waals surface area contributed by atoms with Crippen molar-refractivity contribution in [3.8, 4) is 0 Å². The van der Waals surface area contributed by atoms with Gasteiger partial charge in [0.2, 0.25) is 59.1 Å². The maximum absolute atomic E-state index is 14.4. The smallest absolute Gasteiger partial charge is 0.326 e. The standard InChI is InChI=1S/C48H82N14O15/c1-8-24(5)36(50)46(75)62-18-12-15-33(62)44(73)59-31(22-63)42(71)57-29(21-35(65)66)41(70)58-30(19-23(3)4)45(74)61-17-11-14-32(61)43(72)55-27(13-10-16-53-48(51)52)39(68)56-28(20-34(49)64)40(69)54-26(7)38(67)60-37(47(76)77)25(6)9-2/h23-33,36-37,63H,8-22,50H2,1-7H3,(H2,49,64)(H,54,69)(H,55,72)(H,56,68)(H,57,71)(H,58,70)(H,59,73)(H,60,67)(H,65,66)(H,76,77)(H4,51,52,53)/t24-,25-,26-,27-,28-,29-,30-,31-,32-,33-,36-,37-/m0/s1. The molecule has 2 fully saturated rings. The van der Waals surface area contributed by atoms with Crippen LogP contribution in [0.25, 0.3) is 0 Å². The Morgan fingerprint density at radius 3 is 1.56 bits per heavy atom. The fourth-order valence-electron chi connectivity index (χ4n) is 8.64. The number of nitrogens with zero attached hydrogens (tertiary/aromatic N) is 3. The lowest BCUT2D eigenvalue weighted by molar-refractivity contribution is -0.144. The number of rotatable bonds is 32. The van der Waals surface area contributed by atoms with E-state index in [0.717, 1.165) is 4.90 Å². The van der Waals surface area contributed by atoms with Crippen molar-refractivity contribution in [1.29, 1.82) is 0 Å². The Kier molecular flexibility index (Phi) is 27.2. The number of aliphatic hydroxyl groups is 1. The number of nitrogens with two attached hydrogens (primary N) is 4. The van der Waals surface area contributed by atoms with Crippen molar-refractivity contribution in [2.75, 3.05) is 26.2 Å². The number of carboxylic acids is 2. The molecule has 0 unspecified atom stereocenters. The van der Waals surface area contributed by atoms with E-state index in [1.54, 1.807) is 34.6 Å². The number of aliphatic hydroxyl groups excluding tert-OH is 1. The molecular weight excluding hydrogens is 1010 g/mol. The highest BCUT2D eigenvalue weighted by Gasteiger charge is 2.42. The molecular formula is C48H82N14O15. The van der Waals surface area contributed by atoms with Crippen LogP contribution >= 0.6 is 0 Å². The summed E-state index contributed by atoms with van der Waals surface area (Å²) < 4.78 is 0. The van der Waals surface area contributed by atoms with Crippen LogP contribution in [-0.4, -0.2) is 189 Å². The van der Waals surface area contributed by atoms with Crippen molar-refractivity contribution in [2.45, 2.75) is 180 Å². The van der Waals surface area contributed by atoms with E-state index in [1.165, 1.54) is 11.8 Å². The third-order valence-electron chi connectivity index (χ3n) is 13.5. The van der Waals surface area contributed by atoms with E-state index in [0.29, 0.717) is 19.3 Å². The summed E-state index contributed by atoms with van der Waals surface area (Å²) >= 11 is 0. The average molecular weight is 1100 g/mol. The number of carbonyl (C=O) groups excluding carboxylic acids is 10. The van der Waals surface area contributed by atoms with Gasteiger partial charge in [0, 0.05) is 19.6 Å². The first-order valence-corrected chi connectivity index (χ1v) is 26.0. The van der Waals surface area contributed by atoms with Gasteiger partial charge in [0.1, 0.15) is 54.4 Å². The number of aliphatic imine (C=N–C) groups is 1. The van der Waals surface area contributed by atoms with Crippen molar-refractivity contribution in [3.05, 3.63) is 0 Å². The minimum Gasteiger partial charge on any atom is -0.481 e. The highest BCUT2D eigenvalue weighted by atomic mass is 16.4. The molecule has 0 spiro atoms. The van der Waals surface area contributed by atoms with Gasteiger partial charge in [0.05, 0.1) is 25.5 Å². The fourth-order valence-corrected chi connectivity index (χ4v) is 8.64. The molecule has 2 rings (SSSR count). The molecule has 2 aliphatic rings. The van der Waals surface area contributed by atoms with Gasteiger partial charge in [0.25, 0.3) is 0 Å². The molecule has 0 aliphatic carbocycles. The predicted octanol–water partition coefficient (Wildman–Crippen LogP) is -4.67. The first kappa shape index (κ1) is 65.9. The van der Waals surface area contributed by atoms with Crippen LogP contribution in [0.15, 0.2) is 4.99 Å². The van der Waals surface area contributed by atoms with Gasteiger partial charge in [-0.3, -0.25) is 57.7 Å². The number of carbonyl (C=O) groups is 12. The number of hydrogen-bond acceptors (Lipinski definition) is 15. The zero-order chi connectivity index (χ0) is 58.4. The van der Waals surface area contributed by atoms with Crippen molar-refractivity contribution in [1.82, 2.24) is 47.0 Å². The summed E-state index contributed by atoms with van der Waals surface area (Å²) in [4.78, 5) is 165. The SMILES string of the molecule is CC[C@H](C)[C@H](N)C(=O)N1CCC[C@H]1C(=O)N[C@@H](CO)C(=O)N[C@@H](CC(=O)O)C(=O)N[C@@H](CC(C)C)C(=O)N1CCC[C@H]1C(=O)N[C@@H](CCCN=C(N)N)C(=O)N[C@@H](CC(N)=O)C(=O)N[C@@H](C)C(=O)N[C@H](C(=O)O)[C@@H](C)CC. The zero-order valence-corrected chi connectivity index (χ0v) is 45.0. The van der Waals surface area contributed by atoms with Crippen LogP contribution in [0.1, 0.15) is 119 Å². The second kappa shape index (κ2) is 31.8. The van der Waals surface area contributed by atoms with Crippen molar-refractivity contribution in [2.24, 2.45) is 45.7 Å². The van der Waals surface area contributed by atoms with Crippen molar-refractivity contribution in [3.63, 3.8) is 0 Å². The van der Waals surface area contributed by atoms with Gasteiger partial charge in [0.15, 0.2) is 5.96 Å². The van der Waals surface area contributed by atoms with Crippen LogP contribution < -0.4 is 60.2 Å². The number of carboxylic acid groups (broad SMARTS) is 2. The van der Waals surface area contributed by atoms with E-state index in [1.807, 2.05) is 6.92 Å². The lowest BCUT2D eigenvalue weighted by Crippen LogP contribution is -2.61. The Morgan fingerprint density at radius 2 is 1.08 bits per heavy atom. The summed E-state index contributed by atoms with van der Waals surface area (Å²) in [5, 5.41) is 46.3. The number of hydrogen-bond donors (Lipinski definition) is 14. The molecule has 77 heavy (non-hydrogen) atoms. The van der Waals surface area contributed by atoms with Gasteiger partial charge in [-0.1, -0.05) is 54.4 Å². The van der Waals surface area contributed by atoms with Gasteiger partial charge in [-0.25, -0.2) is 4.79 Å². The molecule has 12 atom stereocenters. The molecule has 2 saturated heterocycles. The fraction of sp³-hybridized carbons (Fsp3) is 0.729. The summed E-state index contributed by atoms with van der Waals surface area (Å²) in [5.74, 6) is -13.2. The molecule has 0 saturated carbocycles. The minimum atomic E-state index is -1.86. The van der Waals surface area contributed by atoms with Crippen LogP contribution in [0.3, 0.4) is 0 Å². The Balaban J connectivity index is 2.34. The predicted molar refractivity (Wildman–Crippen MR) is 276 cm³/mol. The Bertz CT molecular complexity index is 2160. The zero-order valence-electron chi connectivity index (χ0n) is 45.0. The van der Waals surface area contributed by atoms with Crippen LogP contribution in [0, 0.1) is 17.8 Å². The van der Waals surface area contributed by atoms with E-state index in [-0.39, 0.29) is 76.0 Å². The molecule has 29 nitrogen and oxygen atoms in total. The normalized spacial score (nSPS) is 19.0. The largest absolute Gasteiger partial charge is 0.481 e. The highest BCUT2D eigenvalue weighted by molar-refractivity contribution is 6.00. The maximum atomic E-state index is 14.4. The molecule has 18 N–H and O–H groups in total. The first-order valence-electron chi connectivity index (χ1n) is 26.0. The average Bonchev–Trinajstić information content (AvgIpc) is 4.07. The van der Waals surface area contributed by atoms with E-state index < -0.39 is 157 Å². The molecule has 10 amide bonds. The maximum Gasteiger partial charge on any atom is 0.326 e. The van der Waals surface area contributed by atoms with E-state index in [2.05, 4.69) is 42.2 Å². The quantitative estimate of drug-likeness (QED) is 0.0171. The van der Waals surface area contributed by atoms with Crippen LogP contribution in [0.4, 0.5) is 0 Å². The first-order chi connectivity index (χ1) is 36.1. The number of primary amides is 1. The summed E-state index contributed by atoms with van der Waals surface area (Å²) in [6.45, 7) is 10.9. The molecule has 0 aromatic heterocycles. The van der Waals surface area contributed by atoms with Gasteiger partial charge in [-0.2, -0.15) is 0 Å². The van der Waals surface area contributed by atoms with Gasteiger partial charge >= 0.3 is 11.9 Å². The van der Waals surface area contributed by atoms with Crippen molar-refractivity contribution < 1.29 is 72.9 Å².